The Morgan fingerprint density at radius 1 is 1.47 bits per heavy atom. The predicted octanol–water partition coefficient (Wildman–Crippen LogP) is 2.05. The quantitative estimate of drug-likeness (QED) is 0.882. The van der Waals surface area contributed by atoms with Gasteiger partial charge in [0.1, 0.15) is 0 Å². The minimum absolute atomic E-state index is 0.554. The molecule has 0 amide bonds. The molecule has 1 aliphatic heterocycles. The maximum atomic E-state index is 5.20. The smallest absolute Gasteiger partial charge is 0.213 e. The van der Waals surface area contributed by atoms with Gasteiger partial charge in [-0.15, -0.1) is 0 Å². The van der Waals surface area contributed by atoms with Gasteiger partial charge >= 0.3 is 0 Å². The molecule has 4 heteroatoms. The third kappa shape index (κ3) is 3.91. The Hall–Kier alpha value is -1.13. The molecule has 2 atom stereocenters. The van der Waals surface area contributed by atoms with Crippen LogP contribution >= 0.6 is 0 Å². The van der Waals surface area contributed by atoms with Gasteiger partial charge in [0.15, 0.2) is 0 Å². The number of methoxy groups -OCH3 is 1. The Balaban J connectivity index is 2.04. The highest BCUT2D eigenvalue weighted by Crippen LogP contribution is 2.16. The van der Waals surface area contributed by atoms with Crippen LogP contribution in [0, 0.1) is 0 Å². The van der Waals surface area contributed by atoms with Crippen LogP contribution in [0.4, 0.5) is 0 Å². The first kappa shape index (κ1) is 14.3. The van der Waals surface area contributed by atoms with E-state index in [1.165, 1.54) is 12.8 Å². The van der Waals surface area contributed by atoms with Gasteiger partial charge in [-0.05, 0) is 19.4 Å². The third-order valence-electron chi connectivity index (χ3n) is 3.70. The molecule has 2 rings (SSSR count). The van der Waals surface area contributed by atoms with Crippen LogP contribution in [0.25, 0.3) is 0 Å². The van der Waals surface area contributed by atoms with Crippen molar-refractivity contribution in [3.05, 3.63) is 23.9 Å². The fraction of sp³-hybridized carbons (Fsp3) is 0.667. The number of ether oxygens (including phenoxy) is 1. The lowest BCUT2D eigenvalue weighted by Gasteiger charge is -2.39. The second-order valence-electron chi connectivity index (χ2n) is 5.35. The van der Waals surface area contributed by atoms with Crippen molar-refractivity contribution in [2.24, 2.45) is 0 Å². The van der Waals surface area contributed by atoms with Crippen molar-refractivity contribution in [1.29, 1.82) is 0 Å². The van der Waals surface area contributed by atoms with Crippen molar-refractivity contribution in [1.82, 2.24) is 15.2 Å². The van der Waals surface area contributed by atoms with Crippen molar-refractivity contribution in [2.45, 2.75) is 45.3 Å². The van der Waals surface area contributed by atoms with Gasteiger partial charge in [-0.25, -0.2) is 4.98 Å². The van der Waals surface area contributed by atoms with Gasteiger partial charge in [-0.2, -0.15) is 0 Å². The average molecular weight is 263 g/mol. The van der Waals surface area contributed by atoms with Gasteiger partial charge < -0.3 is 10.1 Å². The summed E-state index contributed by atoms with van der Waals surface area (Å²) < 4.78 is 5.20. The summed E-state index contributed by atoms with van der Waals surface area (Å²) in [4.78, 5) is 7.07. The minimum Gasteiger partial charge on any atom is -0.481 e. The molecule has 19 heavy (non-hydrogen) atoms. The zero-order valence-electron chi connectivity index (χ0n) is 12.2. The Morgan fingerprint density at radius 3 is 3.05 bits per heavy atom. The highest BCUT2D eigenvalue weighted by molar-refractivity contribution is 5.15. The zero-order chi connectivity index (χ0) is 13.7. The molecule has 0 aromatic carbocycles. The highest BCUT2D eigenvalue weighted by atomic mass is 16.5. The summed E-state index contributed by atoms with van der Waals surface area (Å²) in [6.45, 7) is 7.57. The SMILES string of the molecule is CCCC1CNC(C)CN1Cc1cccc(OC)n1. The van der Waals surface area contributed by atoms with Crippen LogP contribution in [0.3, 0.4) is 0 Å². The van der Waals surface area contributed by atoms with Crippen molar-refractivity contribution in [3.8, 4) is 5.88 Å². The second kappa shape index (κ2) is 6.87. The molecule has 4 nitrogen and oxygen atoms in total. The Bertz CT molecular complexity index is 397. The van der Waals surface area contributed by atoms with E-state index in [2.05, 4.69) is 35.1 Å². The molecule has 0 bridgehead atoms. The van der Waals surface area contributed by atoms with Crippen LogP contribution in [-0.4, -0.2) is 42.2 Å². The molecule has 1 aromatic heterocycles. The van der Waals surface area contributed by atoms with Crippen molar-refractivity contribution >= 4 is 0 Å². The van der Waals surface area contributed by atoms with Crippen LogP contribution in [0.15, 0.2) is 18.2 Å². The van der Waals surface area contributed by atoms with Gasteiger partial charge in [0.25, 0.3) is 0 Å². The van der Waals surface area contributed by atoms with E-state index in [-0.39, 0.29) is 0 Å². The number of rotatable bonds is 5. The number of pyridine rings is 1. The summed E-state index contributed by atoms with van der Waals surface area (Å²) >= 11 is 0. The summed E-state index contributed by atoms with van der Waals surface area (Å²) in [6.07, 6.45) is 2.46. The lowest BCUT2D eigenvalue weighted by atomic mass is 10.0. The van der Waals surface area contributed by atoms with E-state index in [1.54, 1.807) is 7.11 Å². The minimum atomic E-state index is 0.554. The highest BCUT2D eigenvalue weighted by Gasteiger charge is 2.25. The Kier molecular flexibility index (Phi) is 5.16. The van der Waals surface area contributed by atoms with E-state index >= 15 is 0 Å². The number of hydrogen-bond acceptors (Lipinski definition) is 4. The predicted molar refractivity (Wildman–Crippen MR) is 77.4 cm³/mol. The summed E-state index contributed by atoms with van der Waals surface area (Å²) in [6, 6.07) is 7.17. The molecule has 1 N–H and O–H groups in total. The van der Waals surface area contributed by atoms with Crippen LogP contribution in [0.1, 0.15) is 32.4 Å². The molecule has 1 aliphatic rings. The van der Waals surface area contributed by atoms with Gasteiger partial charge in [0, 0.05) is 37.8 Å². The summed E-state index contributed by atoms with van der Waals surface area (Å²) in [5.41, 5.74) is 1.09. The average Bonchev–Trinajstić information content (AvgIpc) is 2.42. The molecular weight excluding hydrogens is 238 g/mol. The monoisotopic (exact) mass is 263 g/mol. The van der Waals surface area contributed by atoms with E-state index in [1.807, 2.05) is 12.1 Å². The van der Waals surface area contributed by atoms with Crippen molar-refractivity contribution in [3.63, 3.8) is 0 Å². The molecule has 2 heterocycles. The van der Waals surface area contributed by atoms with E-state index < -0.39 is 0 Å². The van der Waals surface area contributed by atoms with Crippen LogP contribution in [-0.2, 0) is 6.54 Å². The zero-order valence-corrected chi connectivity index (χ0v) is 12.2. The van der Waals surface area contributed by atoms with Gasteiger partial charge in [-0.1, -0.05) is 19.4 Å². The van der Waals surface area contributed by atoms with E-state index in [4.69, 9.17) is 4.74 Å². The second-order valence-corrected chi connectivity index (χ2v) is 5.35. The van der Waals surface area contributed by atoms with Crippen molar-refractivity contribution in [2.75, 3.05) is 20.2 Å². The molecule has 0 saturated carbocycles. The molecule has 2 unspecified atom stereocenters. The standard InChI is InChI=1S/C15H25N3O/c1-4-6-14-9-16-12(2)10-18(14)11-13-7-5-8-15(17-13)19-3/h5,7-8,12,14,16H,4,6,9-11H2,1-3H3. The molecule has 0 radical (unpaired) electrons. The largest absolute Gasteiger partial charge is 0.481 e. The first-order valence-electron chi connectivity index (χ1n) is 7.20. The molecule has 106 valence electrons. The third-order valence-corrected chi connectivity index (χ3v) is 3.70. The Labute approximate surface area is 116 Å². The molecule has 1 fully saturated rings. The normalized spacial score (nSPS) is 24.4. The topological polar surface area (TPSA) is 37.4 Å². The van der Waals surface area contributed by atoms with Gasteiger partial charge in [0.2, 0.25) is 5.88 Å². The molecule has 0 aliphatic carbocycles. The van der Waals surface area contributed by atoms with Crippen LogP contribution in [0.5, 0.6) is 5.88 Å². The fourth-order valence-electron chi connectivity index (χ4n) is 2.71. The first-order chi connectivity index (χ1) is 9.22. The maximum absolute atomic E-state index is 5.20. The van der Waals surface area contributed by atoms with Crippen molar-refractivity contribution < 1.29 is 4.74 Å². The van der Waals surface area contributed by atoms with Gasteiger partial charge in [-0.3, -0.25) is 4.90 Å². The summed E-state index contributed by atoms with van der Waals surface area (Å²) in [7, 11) is 1.67. The van der Waals surface area contributed by atoms with E-state index in [9.17, 15) is 0 Å². The molecular formula is C15H25N3O. The maximum Gasteiger partial charge on any atom is 0.213 e. The van der Waals surface area contributed by atoms with E-state index in [0.29, 0.717) is 18.0 Å². The number of aromatic nitrogens is 1. The molecule has 0 spiro atoms. The van der Waals surface area contributed by atoms with Gasteiger partial charge in [0.05, 0.1) is 12.8 Å². The molecule has 1 saturated heterocycles. The number of piperazine rings is 1. The lowest BCUT2D eigenvalue weighted by molar-refractivity contribution is 0.118. The first-order valence-corrected chi connectivity index (χ1v) is 7.20. The molecule has 1 aromatic rings. The van der Waals surface area contributed by atoms with Crippen LogP contribution in [0.2, 0.25) is 0 Å². The number of hydrogen-bond donors (Lipinski definition) is 1. The lowest BCUT2D eigenvalue weighted by Crippen LogP contribution is -2.54. The number of nitrogens with one attached hydrogen (secondary N) is 1. The fourth-order valence-corrected chi connectivity index (χ4v) is 2.71. The summed E-state index contributed by atoms with van der Waals surface area (Å²) in [5, 5.41) is 3.57. The Morgan fingerprint density at radius 2 is 2.32 bits per heavy atom. The van der Waals surface area contributed by atoms with Crippen LogP contribution < -0.4 is 10.1 Å². The van der Waals surface area contributed by atoms with E-state index in [0.717, 1.165) is 25.3 Å². The summed E-state index contributed by atoms with van der Waals surface area (Å²) in [5.74, 6) is 0.702. The number of nitrogens with zero attached hydrogens (tertiary/aromatic N) is 2.